The van der Waals surface area contributed by atoms with Gasteiger partial charge in [-0.3, -0.25) is 14.6 Å². The van der Waals surface area contributed by atoms with Crippen molar-refractivity contribution in [2.45, 2.75) is 51.1 Å². The number of amides is 1. The van der Waals surface area contributed by atoms with Gasteiger partial charge in [0.05, 0.1) is 0 Å². The van der Waals surface area contributed by atoms with E-state index < -0.39 is 11.2 Å². The van der Waals surface area contributed by atoms with E-state index in [1.807, 2.05) is 4.90 Å². The first-order valence-electron chi connectivity index (χ1n) is 8.75. The van der Waals surface area contributed by atoms with Gasteiger partial charge in [-0.15, -0.1) is 11.3 Å². The molecule has 0 bridgehead atoms. The number of aryl methyl sites for hydroxylation is 2. The molecule has 1 aliphatic rings. The Morgan fingerprint density at radius 2 is 2.16 bits per heavy atom. The molecule has 0 aromatic carbocycles. The molecule has 3 rings (SSSR count). The number of nitrogens with zero attached hydrogens (tertiary/aromatic N) is 2. The van der Waals surface area contributed by atoms with Gasteiger partial charge in [-0.2, -0.15) is 0 Å². The number of thiophene rings is 1. The van der Waals surface area contributed by atoms with Gasteiger partial charge in [-0.25, -0.2) is 4.79 Å². The van der Waals surface area contributed by atoms with Crippen LogP contribution in [0.5, 0.6) is 0 Å². The number of rotatable bonds is 6. The first-order valence-corrected chi connectivity index (χ1v) is 9.63. The maximum Gasteiger partial charge on any atom is 0.328 e. The molecular formula is C18H23N3O3S. The van der Waals surface area contributed by atoms with E-state index in [9.17, 15) is 14.4 Å². The molecule has 1 amide bonds. The average molecular weight is 361 g/mol. The van der Waals surface area contributed by atoms with Crippen molar-refractivity contribution in [3.8, 4) is 0 Å². The lowest BCUT2D eigenvalue weighted by Gasteiger charge is -2.36. The molecule has 3 heterocycles. The zero-order valence-corrected chi connectivity index (χ0v) is 15.0. The van der Waals surface area contributed by atoms with Gasteiger partial charge < -0.3 is 9.47 Å². The van der Waals surface area contributed by atoms with Crippen molar-refractivity contribution in [2.75, 3.05) is 6.54 Å². The van der Waals surface area contributed by atoms with E-state index in [-0.39, 0.29) is 18.4 Å². The summed E-state index contributed by atoms with van der Waals surface area (Å²) in [4.78, 5) is 41.0. The molecule has 0 radical (unpaired) electrons. The molecule has 0 unspecified atom stereocenters. The molecule has 1 N–H and O–H groups in total. The number of piperidine rings is 1. The SMILES string of the molecule is O=C(CCn1ccc(=O)[nH]c1=O)N1CCCC[C@@H]1CCc1cccs1. The van der Waals surface area contributed by atoms with Crippen LogP contribution in [0, 0.1) is 0 Å². The van der Waals surface area contributed by atoms with Gasteiger partial charge in [0.15, 0.2) is 0 Å². The second-order valence-electron chi connectivity index (χ2n) is 6.41. The summed E-state index contributed by atoms with van der Waals surface area (Å²) in [7, 11) is 0. The van der Waals surface area contributed by atoms with Crippen molar-refractivity contribution in [3.63, 3.8) is 0 Å². The fourth-order valence-electron chi connectivity index (χ4n) is 3.37. The van der Waals surface area contributed by atoms with Gasteiger partial charge >= 0.3 is 5.69 Å². The molecule has 1 atom stereocenters. The number of likely N-dealkylation sites (tertiary alicyclic amines) is 1. The van der Waals surface area contributed by atoms with Gasteiger partial charge in [0.25, 0.3) is 5.56 Å². The Bertz CT molecular complexity index is 809. The molecule has 2 aromatic rings. The van der Waals surface area contributed by atoms with E-state index in [1.54, 1.807) is 11.3 Å². The summed E-state index contributed by atoms with van der Waals surface area (Å²) in [5, 5.41) is 2.08. The molecule has 1 aliphatic heterocycles. The number of carbonyl (C=O) groups excluding carboxylic acids is 1. The van der Waals surface area contributed by atoms with Crippen LogP contribution in [0.1, 0.15) is 37.0 Å². The van der Waals surface area contributed by atoms with Crippen LogP contribution in [0.15, 0.2) is 39.4 Å². The van der Waals surface area contributed by atoms with E-state index >= 15 is 0 Å². The zero-order valence-electron chi connectivity index (χ0n) is 14.1. The third-order valence-electron chi connectivity index (χ3n) is 4.71. The molecule has 1 saturated heterocycles. The second-order valence-corrected chi connectivity index (χ2v) is 7.44. The van der Waals surface area contributed by atoms with Crippen LogP contribution in [0.2, 0.25) is 0 Å². The van der Waals surface area contributed by atoms with Crippen molar-refractivity contribution in [1.29, 1.82) is 0 Å². The highest BCUT2D eigenvalue weighted by molar-refractivity contribution is 7.09. The normalized spacial score (nSPS) is 17.6. The van der Waals surface area contributed by atoms with Crippen LogP contribution in [0.4, 0.5) is 0 Å². The summed E-state index contributed by atoms with van der Waals surface area (Å²) in [6.45, 7) is 1.09. The van der Waals surface area contributed by atoms with Gasteiger partial charge in [0, 0.05) is 42.7 Å². The van der Waals surface area contributed by atoms with Crippen molar-refractivity contribution in [1.82, 2.24) is 14.5 Å². The summed E-state index contributed by atoms with van der Waals surface area (Å²) in [6, 6.07) is 5.79. The van der Waals surface area contributed by atoms with Crippen LogP contribution >= 0.6 is 11.3 Å². The van der Waals surface area contributed by atoms with E-state index in [0.717, 1.165) is 38.6 Å². The Kier molecular flexibility index (Phi) is 5.86. The molecule has 25 heavy (non-hydrogen) atoms. The van der Waals surface area contributed by atoms with E-state index in [4.69, 9.17) is 0 Å². The number of hydrogen-bond donors (Lipinski definition) is 1. The van der Waals surface area contributed by atoms with Crippen LogP contribution in [0.25, 0.3) is 0 Å². The molecule has 0 saturated carbocycles. The lowest BCUT2D eigenvalue weighted by molar-refractivity contribution is -0.135. The van der Waals surface area contributed by atoms with Crippen molar-refractivity contribution in [2.24, 2.45) is 0 Å². The summed E-state index contributed by atoms with van der Waals surface area (Å²) < 4.78 is 1.38. The summed E-state index contributed by atoms with van der Waals surface area (Å²) >= 11 is 1.76. The highest BCUT2D eigenvalue weighted by Crippen LogP contribution is 2.23. The summed E-state index contributed by atoms with van der Waals surface area (Å²) in [5.74, 6) is 0.0916. The molecule has 0 aliphatic carbocycles. The maximum atomic E-state index is 12.7. The first-order chi connectivity index (χ1) is 12.1. The van der Waals surface area contributed by atoms with Gasteiger partial charge in [0.1, 0.15) is 0 Å². The lowest BCUT2D eigenvalue weighted by Crippen LogP contribution is -2.44. The maximum absolute atomic E-state index is 12.7. The quantitative estimate of drug-likeness (QED) is 0.855. The number of aromatic amines is 1. The largest absolute Gasteiger partial charge is 0.340 e. The van der Waals surface area contributed by atoms with E-state index in [1.165, 1.54) is 21.7 Å². The van der Waals surface area contributed by atoms with Gasteiger partial charge in [0.2, 0.25) is 5.91 Å². The molecule has 0 spiro atoms. The number of nitrogens with one attached hydrogen (secondary N) is 1. The van der Waals surface area contributed by atoms with Crippen LogP contribution in [-0.4, -0.2) is 32.9 Å². The van der Waals surface area contributed by atoms with Crippen LogP contribution in [-0.2, 0) is 17.8 Å². The zero-order chi connectivity index (χ0) is 17.6. The van der Waals surface area contributed by atoms with E-state index in [2.05, 4.69) is 22.5 Å². The van der Waals surface area contributed by atoms with Gasteiger partial charge in [-0.1, -0.05) is 6.07 Å². The summed E-state index contributed by atoms with van der Waals surface area (Å²) in [5.41, 5.74) is -0.884. The number of H-pyrrole nitrogens is 1. The fourth-order valence-corrected chi connectivity index (χ4v) is 4.10. The first kappa shape index (κ1) is 17.7. The molecule has 6 nitrogen and oxygen atoms in total. The number of aromatic nitrogens is 2. The number of hydrogen-bond acceptors (Lipinski definition) is 4. The number of carbonyl (C=O) groups is 1. The minimum absolute atomic E-state index is 0.0916. The minimum atomic E-state index is -0.465. The van der Waals surface area contributed by atoms with Crippen molar-refractivity contribution < 1.29 is 4.79 Å². The second kappa shape index (κ2) is 8.29. The highest BCUT2D eigenvalue weighted by Gasteiger charge is 2.26. The highest BCUT2D eigenvalue weighted by atomic mass is 32.1. The van der Waals surface area contributed by atoms with Crippen molar-refractivity contribution in [3.05, 3.63) is 55.5 Å². The Balaban J connectivity index is 1.58. The topological polar surface area (TPSA) is 75.2 Å². The fraction of sp³-hybridized carbons (Fsp3) is 0.500. The van der Waals surface area contributed by atoms with Crippen LogP contribution < -0.4 is 11.2 Å². The standard InChI is InChI=1S/C18H23N3O3S/c22-16-8-11-20(18(24)19-16)12-9-17(23)21-10-2-1-4-14(21)6-7-15-5-3-13-25-15/h3,5,8,11,13-14H,1-2,4,6-7,9-10,12H2,(H,19,22,24)/t14-/m1/s1. The molecule has 1 fully saturated rings. The summed E-state index contributed by atoms with van der Waals surface area (Å²) in [6.07, 6.45) is 6.98. The smallest absolute Gasteiger partial charge is 0.328 e. The van der Waals surface area contributed by atoms with E-state index in [0.29, 0.717) is 6.54 Å². The minimum Gasteiger partial charge on any atom is -0.340 e. The van der Waals surface area contributed by atoms with Crippen molar-refractivity contribution >= 4 is 17.2 Å². The van der Waals surface area contributed by atoms with Gasteiger partial charge in [-0.05, 0) is 43.6 Å². The monoisotopic (exact) mass is 361 g/mol. The Morgan fingerprint density at radius 1 is 1.28 bits per heavy atom. The predicted octanol–water partition coefficient (Wildman–Crippen LogP) is 2.00. The predicted molar refractivity (Wildman–Crippen MR) is 97.9 cm³/mol. The molecular weight excluding hydrogens is 338 g/mol. The average Bonchev–Trinajstić information content (AvgIpc) is 3.13. The lowest BCUT2D eigenvalue weighted by atomic mass is 9.97. The third kappa shape index (κ3) is 4.69. The van der Waals surface area contributed by atoms with Crippen LogP contribution in [0.3, 0.4) is 0 Å². The molecule has 7 heteroatoms. The molecule has 2 aromatic heterocycles. The Labute approximate surface area is 150 Å². The third-order valence-corrected chi connectivity index (χ3v) is 5.65. The molecule has 134 valence electrons. The Hall–Kier alpha value is -2.15. The Morgan fingerprint density at radius 3 is 2.92 bits per heavy atom.